The maximum absolute atomic E-state index is 6.16. The molecule has 0 amide bonds. The highest BCUT2D eigenvalue weighted by Crippen LogP contribution is 2.21. The number of hydrogen-bond acceptors (Lipinski definition) is 3. The molecule has 7 heteroatoms. The van der Waals surface area contributed by atoms with Crippen LogP contribution in [0.15, 0.2) is 23.2 Å². The van der Waals surface area contributed by atoms with E-state index in [4.69, 9.17) is 32.7 Å². The lowest BCUT2D eigenvalue weighted by Crippen LogP contribution is -2.39. The highest BCUT2D eigenvalue weighted by molar-refractivity contribution is 6.35. The molecule has 0 fully saturated rings. The van der Waals surface area contributed by atoms with Gasteiger partial charge in [0, 0.05) is 37.3 Å². The van der Waals surface area contributed by atoms with Crippen molar-refractivity contribution in [3.8, 4) is 0 Å². The van der Waals surface area contributed by atoms with Gasteiger partial charge in [-0.1, -0.05) is 29.3 Å². The number of aryl methyl sites for hydroxylation is 1. The van der Waals surface area contributed by atoms with Crippen molar-refractivity contribution in [1.29, 1.82) is 0 Å². The molecular weight excluding hydrogens is 337 g/mol. The van der Waals surface area contributed by atoms with E-state index in [2.05, 4.69) is 15.6 Å². The summed E-state index contributed by atoms with van der Waals surface area (Å²) in [7, 11) is 3.40. The van der Waals surface area contributed by atoms with Crippen molar-refractivity contribution in [3.05, 3.63) is 33.8 Å². The van der Waals surface area contributed by atoms with Crippen molar-refractivity contribution in [3.63, 3.8) is 0 Å². The molecule has 0 aliphatic carbocycles. The lowest BCUT2D eigenvalue weighted by Gasteiger charge is -2.12. The molecule has 1 aromatic carbocycles. The van der Waals surface area contributed by atoms with Crippen LogP contribution in [-0.2, 0) is 15.9 Å². The van der Waals surface area contributed by atoms with Gasteiger partial charge in [-0.2, -0.15) is 0 Å². The molecule has 0 atom stereocenters. The predicted octanol–water partition coefficient (Wildman–Crippen LogP) is 2.75. The summed E-state index contributed by atoms with van der Waals surface area (Å²) < 4.78 is 10.3. The minimum Gasteiger partial charge on any atom is -0.382 e. The zero-order valence-corrected chi connectivity index (χ0v) is 15.2. The first-order chi connectivity index (χ1) is 11.2. The van der Waals surface area contributed by atoms with Crippen molar-refractivity contribution in [2.24, 2.45) is 4.99 Å². The summed E-state index contributed by atoms with van der Waals surface area (Å²) in [5, 5.41) is 7.83. The standard InChI is InChI=1S/C16H25Cl2N3O2/c1-19-16(21-8-9-23-11-10-22-2)20-7-3-4-13-5-6-14(17)12-15(13)18/h5-6,12H,3-4,7-11H2,1-2H3,(H2,19,20,21). The normalized spacial score (nSPS) is 11.6. The van der Waals surface area contributed by atoms with Crippen molar-refractivity contribution in [1.82, 2.24) is 10.6 Å². The van der Waals surface area contributed by atoms with E-state index in [0.717, 1.165) is 30.9 Å². The number of halogens is 2. The first-order valence-electron chi connectivity index (χ1n) is 7.62. The fourth-order valence-corrected chi connectivity index (χ4v) is 2.42. The lowest BCUT2D eigenvalue weighted by atomic mass is 10.1. The van der Waals surface area contributed by atoms with Gasteiger partial charge in [-0.15, -0.1) is 0 Å². The summed E-state index contributed by atoms with van der Waals surface area (Å²) >= 11 is 12.0. The predicted molar refractivity (Wildman–Crippen MR) is 96.8 cm³/mol. The lowest BCUT2D eigenvalue weighted by molar-refractivity contribution is 0.0733. The minimum atomic E-state index is 0.603. The van der Waals surface area contributed by atoms with Gasteiger partial charge in [0.1, 0.15) is 0 Å². The van der Waals surface area contributed by atoms with Crippen LogP contribution in [-0.4, -0.2) is 53.0 Å². The number of guanidine groups is 1. The van der Waals surface area contributed by atoms with Crippen molar-refractivity contribution in [2.75, 3.05) is 47.1 Å². The molecule has 0 unspecified atom stereocenters. The van der Waals surface area contributed by atoms with Crippen molar-refractivity contribution >= 4 is 29.2 Å². The topological polar surface area (TPSA) is 54.9 Å². The molecule has 0 spiro atoms. The van der Waals surface area contributed by atoms with E-state index < -0.39 is 0 Å². The fraction of sp³-hybridized carbons (Fsp3) is 0.562. The quantitative estimate of drug-likeness (QED) is 0.382. The minimum absolute atomic E-state index is 0.603. The molecule has 1 aromatic rings. The van der Waals surface area contributed by atoms with Gasteiger partial charge < -0.3 is 20.1 Å². The molecular formula is C16H25Cl2N3O2. The first-order valence-corrected chi connectivity index (χ1v) is 8.38. The van der Waals surface area contributed by atoms with Crippen molar-refractivity contribution in [2.45, 2.75) is 12.8 Å². The van der Waals surface area contributed by atoms with Crippen LogP contribution in [0.5, 0.6) is 0 Å². The summed E-state index contributed by atoms with van der Waals surface area (Å²) in [6.07, 6.45) is 1.84. The summed E-state index contributed by atoms with van der Waals surface area (Å²) in [5.41, 5.74) is 1.10. The van der Waals surface area contributed by atoms with Gasteiger partial charge in [0.25, 0.3) is 0 Å². The summed E-state index contributed by atoms with van der Waals surface area (Å²) in [4.78, 5) is 4.17. The van der Waals surface area contributed by atoms with E-state index >= 15 is 0 Å². The largest absolute Gasteiger partial charge is 0.382 e. The molecule has 0 heterocycles. The molecule has 0 aromatic heterocycles. The van der Waals surface area contributed by atoms with E-state index in [1.165, 1.54) is 0 Å². The Labute approximate surface area is 148 Å². The van der Waals surface area contributed by atoms with E-state index in [1.807, 2.05) is 12.1 Å². The zero-order chi connectivity index (χ0) is 16.9. The second-order valence-electron chi connectivity index (χ2n) is 4.87. The number of hydrogen-bond donors (Lipinski definition) is 2. The van der Waals surface area contributed by atoms with Gasteiger partial charge in [-0.05, 0) is 30.5 Å². The number of rotatable bonds is 10. The van der Waals surface area contributed by atoms with Crippen LogP contribution in [0.2, 0.25) is 10.0 Å². The molecule has 23 heavy (non-hydrogen) atoms. The second kappa shape index (κ2) is 12.4. The first kappa shape index (κ1) is 20.0. The Kier molecular flexibility index (Phi) is 10.8. The van der Waals surface area contributed by atoms with Crippen molar-refractivity contribution < 1.29 is 9.47 Å². The molecule has 0 saturated carbocycles. The Morgan fingerprint density at radius 1 is 1.13 bits per heavy atom. The van der Waals surface area contributed by atoms with Crippen LogP contribution in [0.4, 0.5) is 0 Å². The average molecular weight is 362 g/mol. The summed E-state index contributed by atoms with van der Waals surface area (Å²) in [5.74, 6) is 0.766. The van der Waals surface area contributed by atoms with Crippen LogP contribution < -0.4 is 10.6 Å². The number of methoxy groups -OCH3 is 1. The van der Waals surface area contributed by atoms with Gasteiger partial charge >= 0.3 is 0 Å². The number of nitrogens with one attached hydrogen (secondary N) is 2. The Balaban J connectivity index is 2.15. The SMILES string of the molecule is CN=C(NCCCc1ccc(Cl)cc1Cl)NCCOCCOC. The van der Waals surface area contributed by atoms with E-state index in [0.29, 0.717) is 36.4 Å². The van der Waals surface area contributed by atoms with Crippen LogP contribution in [0, 0.1) is 0 Å². The number of benzene rings is 1. The molecule has 130 valence electrons. The molecule has 2 N–H and O–H groups in total. The smallest absolute Gasteiger partial charge is 0.191 e. The third-order valence-electron chi connectivity index (χ3n) is 3.12. The molecule has 0 aliphatic rings. The molecule has 0 bridgehead atoms. The molecule has 0 aliphatic heterocycles. The molecule has 0 radical (unpaired) electrons. The zero-order valence-electron chi connectivity index (χ0n) is 13.7. The third kappa shape index (κ3) is 9.01. The Morgan fingerprint density at radius 2 is 1.91 bits per heavy atom. The van der Waals surface area contributed by atoms with Gasteiger partial charge in [0.15, 0.2) is 5.96 Å². The monoisotopic (exact) mass is 361 g/mol. The molecule has 1 rings (SSSR count). The van der Waals surface area contributed by atoms with Gasteiger partial charge in [-0.3, -0.25) is 4.99 Å². The Bertz CT molecular complexity index is 484. The Hall–Kier alpha value is -1.01. The van der Waals surface area contributed by atoms with E-state index in [-0.39, 0.29) is 0 Å². The molecule has 5 nitrogen and oxygen atoms in total. The fourth-order valence-electron chi connectivity index (χ4n) is 1.92. The molecule has 0 saturated heterocycles. The van der Waals surface area contributed by atoms with E-state index in [1.54, 1.807) is 20.2 Å². The van der Waals surface area contributed by atoms with Crippen LogP contribution in [0.3, 0.4) is 0 Å². The van der Waals surface area contributed by atoms with Crippen LogP contribution in [0.25, 0.3) is 0 Å². The highest BCUT2D eigenvalue weighted by atomic mass is 35.5. The second-order valence-corrected chi connectivity index (χ2v) is 5.71. The van der Waals surface area contributed by atoms with Gasteiger partial charge in [0.05, 0.1) is 19.8 Å². The number of aliphatic imine (C=N–C) groups is 1. The number of nitrogens with zero attached hydrogens (tertiary/aromatic N) is 1. The van der Waals surface area contributed by atoms with Crippen LogP contribution >= 0.6 is 23.2 Å². The Morgan fingerprint density at radius 3 is 2.61 bits per heavy atom. The highest BCUT2D eigenvalue weighted by Gasteiger charge is 2.02. The maximum atomic E-state index is 6.16. The summed E-state index contributed by atoms with van der Waals surface area (Å²) in [6, 6.07) is 5.60. The average Bonchev–Trinajstić information content (AvgIpc) is 2.54. The number of ether oxygens (including phenoxy) is 2. The van der Waals surface area contributed by atoms with Gasteiger partial charge in [0.2, 0.25) is 0 Å². The van der Waals surface area contributed by atoms with Crippen LogP contribution in [0.1, 0.15) is 12.0 Å². The third-order valence-corrected chi connectivity index (χ3v) is 3.71. The maximum Gasteiger partial charge on any atom is 0.191 e. The summed E-state index contributed by atoms with van der Waals surface area (Å²) in [6.45, 7) is 3.34. The van der Waals surface area contributed by atoms with Gasteiger partial charge in [-0.25, -0.2) is 0 Å². The van der Waals surface area contributed by atoms with E-state index in [9.17, 15) is 0 Å².